The number of aliphatic carboxylic acids is 1. The quantitative estimate of drug-likeness (QED) is 0.718. The smallest absolute Gasteiger partial charge is 0.326 e. The van der Waals surface area contributed by atoms with Gasteiger partial charge in [0.2, 0.25) is 5.91 Å². The molecule has 0 spiro atoms. The van der Waals surface area contributed by atoms with E-state index in [-0.39, 0.29) is 18.2 Å². The highest BCUT2D eigenvalue weighted by Crippen LogP contribution is 2.25. The molecule has 6 nitrogen and oxygen atoms in total. The van der Waals surface area contributed by atoms with E-state index >= 15 is 0 Å². The summed E-state index contributed by atoms with van der Waals surface area (Å²) in [5.74, 6) is -0.714. The number of carbonyl (C=O) groups is 2. The molecule has 2 unspecified atom stereocenters. The summed E-state index contributed by atoms with van der Waals surface area (Å²) in [6, 6.07) is -0.882. The molecule has 0 saturated heterocycles. The fourth-order valence-electron chi connectivity index (χ4n) is 2.37. The van der Waals surface area contributed by atoms with Gasteiger partial charge in [-0.25, -0.2) is 4.79 Å². The minimum absolute atomic E-state index is 0.0786. The van der Waals surface area contributed by atoms with Crippen LogP contribution < -0.4 is 5.32 Å². The van der Waals surface area contributed by atoms with Crippen molar-refractivity contribution in [3.63, 3.8) is 0 Å². The number of nitrogens with zero attached hydrogens (tertiary/aromatic N) is 1. The van der Waals surface area contributed by atoms with Crippen molar-refractivity contribution in [3.05, 3.63) is 29.7 Å². The van der Waals surface area contributed by atoms with Crippen molar-refractivity contribution >= 4 is 11.9 Å². The topological polar surface area (TPSA) is 92.4 Å². The summed E-state index contributed by atoms with van der Waals surface area (Å²) in [7, 11) is 0. The minimum atomic E-state index is -1.03. The fraction of sp³-hybridized carbons (Fsp3) is 0.533. The molecular formula is C15H22N2O4. The second kappa shape index (κ2) is 7.61. The van der Waals surface area contributed by atoms with Gasteiger partial charge >= 0.3 is 5.97 Å². The van der Waals surface area contributed by atoms with Crippen LogP contribution in [0.1, 0.15) is 49.1 Å². The number of carboxylic acid groups (broad SMARTS) is 1. The minimum Gasteiger partial charge on any atom is -0.480 e. The standard InChI is InChI=1S/C15H22N2O4/c1-5-6-7-12(15(19)20)16-13(18)8-9(2)14-10(3)17-21-11(14)4/h5,9,12H,1,6-8H2,2-4H3,(H,16,18)(H,19,20). The van der Waals surface area contributed by atoms with Gasteiger partial charge in [0.05, 0.1) is 5.69 Å². The molecule has 1 aromatic rings. The van der Waals surface area contributed by atoms with Gasteiger partial charge in [-0.15, -0.1) is 6.58 Å². The second-order valence-corrected chi connectivity index (χ2v) is 5.17. The highest BCUT2D eigenvalue weighted by molar-refractivity contribution is 5.83. The Hall–Kier alpha value is -2.11. The van der Waals surface area contributed by atoms with Crippen LogP contribution >= 0.6 is 0 Å². The van der Waals surface area contributed by atoms with Gasteiger partial charge in [0.1, 0.15) is 11.8 Å². The Bertz CT molecular complexity index is 502. The third-order valence-corrected chi connectivity index (χ3v) is 3.37. The van der Waals surface area contributed by atoms with E-state index in [0.29, 0.717) is 18.6 Å². The number of rotatable bonds is 8. The van der Waals surface area contributed by atoms with Crippen molar-refractivity contribution in [2.75, 3.05) is 0 Å². The van der Waals surface area contributed by atoms with Crippen molar-refractivity contribution in [1.82, 2.24) is 10.5 Å². The van der Waals surface area contributed by atoms with Crippen molar-refractivity contribution in [2.24, 2.45) is 0 Å². The Morgan fingerprint density at radius 3 is 2.62 bits per heavy atom. The Labute approximate surface area is 124 Å². The van der Waals surface area contributed by atoms with Crippen molar-refractivity contribution in [3.8, 4) is 0 Å². The molecule has 2 N–H and O–H groups in total. The van der Waals surface area contributed by atoms with Crippen LogP contribution in [0.3, 0.4) is 0 Å². The molecule has 0 fully saturated rings. The van der Waals surface area contributed by atoms with E-state index in [1.54, 1.807) is 13.0 Å². The van der Waals surface area contributed by atoms with Gasteiger partial charge < -0.3 is 14.9 Å². The lowest BCUT2D eigenvalue weighted by atomic mass is 9.95. The molecule has 21 heavy (non-hydrogen) atoms. The van der Waals surface area contributed by atoms with E-state index in [0.717, 1.165) is 11.3 Å². The average Bonchev–Trinajstić information content (AvgIpc) is 2.73. The third kappa shape index (κ3) is 4.73. The summed E-state index contributed by atoms with van der Waals surface area (Å²) in [5.41, 5.74) is 1.66. The molecule has 0 saturated carbocycles. The first kappa shape index (κ1) is 16.9. The summed E-state index contributed by atoms with van der Waals surface area (Å²) in [6.07, 6.45) is 2.70. The Kier molecular flexibility index (Phi) is 6.14. The van der Waals surface area contributed by atoms with Crippen LogP contribution in [0.5, 0.6) is 0 Å². The van der Waals surface area contributed by atoms with Crippen LogP contribution in [0.4, 0.5) is 0 Å². The van der Waals surface area contributed by atoms with Gasteiger partial charge in [0.25, 0.3) is 0 Å². The molecule has 0 aliphatic rings. The number of amides is 1. The van der Waals surface area contributed by atoms with Crippen LogP contribution in [-0.2, 0) is 9.59 Å². The van der Waals surface area contributed by atoms with Gasteiger partial charge in [-0.3, -0.25) is 4.79 Å². The van der Waals surface area contributed by atoms with Crippen LogP contribution in [0, 0.1) is 13.8 Å². The number of carboxylic acids is 1. The number of hydrogen-bond donors (Lipinski definition) is 2. The van der Waals surface area contributed by atoms with Gasteiger partial charge in [-0.05, 0) is 32.6 Å². The lowest BCUT2D eigenvalue weighted by Gasteiger charge is -2.16. The van der Waals surface area contributed by atoms with Gasteiger partial charge in [-0.2, -0.15) is 0 Å². The third-order valence-electron chi connectivity index (χ3n) is 3.37. The molecule has 116 valence electrons. The zero-order valence-electron chi connectivity index (χ0n) is 12.7. The molecule has 1 amide bonds. The van der Waals surface area contributed by atoms with E-state index in [2.05, 4.69) is 17.1 Å². The first-order valence-electron chi connectivity index (χ1n) is 6.92. The van der Waals surface area contributed by atoms with Crippen molar-refractivity contribution in [2.45, 2.75) is 52.0 Å². The zero-order chi connectivity index (χ0) is 16.0. The van der Waals surface area contributed by atoms with E-state index in [4.69, 9.17) is 9.63 Å². The molecule has 0 bridgehead atoms. The predicted molar refractivity (Wildman–Crippen MR) is 78.0 cm³/mol. The molecule has 0 aliphatic carbocycles. The van der Waals surface area contributed by atoms with E-state index in [1.807, 2.05) is 13.8 Å². The number of carbonyl (C=O) groups excluding carboxylic acids is 1. The average molecular weight is 294 g/mol. The number of hydrogen-bond acceptors (Lipinski definition) is 4. The first-order valence-corrected chi connectivity index (χ1v) is 6.92. The fourth-order valence-corrected chi connectivity index (χ4v) is 2.37. The lowest BCUT2D eigenvalue weighted by molar-refractivity contribution is -0.142. The highest BCUT2D eigenvalue weighted by Gasteiger charge is 2.23. The molecular weight excluding hydrogens is 272 g/mol. The van der Waals surface area contributed by atoms with E-state index in [1.165, 1.54) is 0 Å². The normalized spacial score (nSPS) is 13.5. The van der Waals surface area contributed by atoms with Crippen LogP contribution in [0.15, 0.2) is 17.2 Å². The van der Waals surface area contributed by atoms with Crippen molar-refractivity contribution < 1.29 is 19.2 Å². The van der Waals surface area contributed by atoms with Crippen molar-refractivity contribution in [1.29, 1.82) is 0 Å². The summed E-state index contributed by atoms with van der Waals surface area (Å²) < 4.78 is 5.08. The second-order valence-electron chi connectivity index (χ2n) is 5.17. The molecule has 0 radical (unpaired) electrons. The number of nitrogens with one attached hydrogen (secondary N) is 1. The van der Waals surface area contributed by atoms with Crippen LogP contribution in [-0.4, -0.2) is 28.2 Å². The highest BCUT2D eigenvalue weighted by atomic mass is 16.5. The summed E-state index contributed by atoms with van der Waals surface area (Å²) in [4.78, 5) is 23.1. The predicted octanol–water partition coefficient (Wildman–Crippen LogP) is 2.32. The maximum atomic E-state index is 12.0. The SMILES string of the molecule is C=CCCC(NC(=O)CC(C)c1c(C)noc1C)C(=O)O. The van der Waals surface area contributed by atoms with E-state index < -0.39 is 12.0 Å². The molecule has 0 aromatic carbocycles. The molecule has 1 rings (SSSR count). The number of allylic oxidation sites excluding steroid dienone is 1. The molecule has 1 aromatic heterocycles. The lowest BCUT2D eigenvalue weighted by Crippen LogP contribution is -2.41. The van der Waals surface area contributed by atoms with Gasteiger partial charge in [0.15, 0.2) is 0 Å². The Morgan fingerprint density at radius 1 is 1.48 bits per heavy atom. The Balaban J connectivity index is 2.63. The zero-order valence-corrected chi connectivity index (χ0v) is 12.7. The maximum Gasteiger partial charge on any atom is 0.326 e. The molecule has 1 heterocycles. The summed E-state index contributed by atoms with van der Waals surface area (Å²) >= 11 is 0. The summed E-state index contributed by atoms with van der Waals surface area (Å²) in [5, 5.41) is 15.5. The van der Waals surface area contributed by atoms with Crippen LogP contribution in [0.25, 0.3) is 0 Å². The number of aromatic nitrogens is 1. The number of aryl methyl sites for hydroxylation is 2. The molecule has 0 aliphatic heterocycles. The van der Waals surface area contributed by atoms with E-state index in [9.17, 15) is 9.59 Å². The van der Waals surface area contributed by atoms with Crippen LogP contribution in [0.2, 0.25) is 0 Å². The van der Waals surface area contributed by atoms with Gasteiger partial charge in [0, 0.05) is 12.0 Å². The largest absolute Gasteiger partial charge is 0.480 e. The molecule has 2 atom stereocenters. The molecule has 6 heteroatoms. The first-order chi connectivity index (χ1) is 9.86. The summed E-state index contributed by atoms with van der Waals surface area (Å²) in [6.45, 7) is 9.07. The maximum absolute atomic E-state index is 12.0. The van der Waals surface area contributed by atoms with Gasteiger partial charge in [-0.1, -0.05) is 18.2 Å². The Morgan fingerprint density at radius 2 is 2.14 bits per heavy atom. The monoisotopic (exact) mass is 294 g/mol.